The molecule has 0 spiro atoms. The van der Waals surface area contributed by atoms with Gasteiger partial charge in [0.15, 0.2) is 0 Å². The Balaban J connectivity index is 1.59. The number of amides is 1. The van der Waals surface area contributed by atoms with E-state index in [1.807, 2.05) is 42.5 Å². The third-order valence-corrected chi connectivity index (χ3v) is 5.13. The van der Waals surface area contributed by atoms with Crippen molar-refractivity contribution in [2.45, 2.75) is 25.3 Å². The molecule has 7 nitrogen and oxygen atoms in total. The minimum Gasteiger partial charge on any atom is -0.368 e. The Morgan fingerprint density at radius 3 is 2.72 bits per heavy atom. The molecule has 29 heavy (non-hydrogen) atoms. The Morgan fingerprint density at radius 1 is 1.10 bits per heavy atom. The summed E-state index contributed by atoms with van der Waals surface area (Å²) in [6.07, 6.45) is 6.51. The highest BCUT2D eigenvalue weighted by Crippen LogP contribution is 2.35. The summed E-state index contributed by atoms with van der Waals surface area (Å²) in [4.78, 5) is 27.8. The first-order valence-corrected chi connectivity index (χ1v) is 9.83. The minimum absolute atomic E-state index is 0.0127. The molecule has 148 valence electrons. The fourth-order valence-electron chi connectivity index (χ4n) is 3.80. The van der Waals surface area contributed by atoms with Crippen molar-refractivity contribution in [3.05, 3.63) is 66.6 Å². The number of nitrogen functional groups attached to an aromatic ring is 1. The van der Waals surface area contributed by atoms with Gasteiger partial charge in [-0.15, -0.1) is 0 Å². The normalized spacial score (nSPS) is 17.0. The molecule has 1 saturated heterocycles. The van der Waals surface area contributed by atoms with E-state index in [-0.39, 0.29) is 24.4 Å². The average Bonchev–Trinajstić information content (AvgIpc) is 2.75. The van der Waals surface area contributed by atoms with Gasteiger partial charge in [-0.3, -0.25) is 9.69 Å². The van der Waals surface area contributed by atoms with E-state index < -0.39 is 0 Å². The third kappa shape index (κ3) is 4.57. The van der Waals surface area contributed by atoms with Crippen molar-refractivity contribution in [1.82, 2.24) is 19.9 Å². The van der Waals surface area contributed by atoms with E-state index in [1.165, 1.54) is 0 Å². The summed E-state index contributed by atoms with van der Waals surface area (Å²) < 4.78 is 0. The van der Waals surface area contributed by atoms with Gasteiger partial charge in [0.1, 0.15) is 5.82 Å². The summed E-state index contributed by atoms with van der Waals surface area (Å²) in [6, 6.07) is 15.5. The monoisotopic (exact) mass is 388 g/mol. The molecular formula is C22H24N6O. The fourth-order valence-corrected chi connectivity index (χ4v) is 3.80. The second-order valence-electron chi connectivity index (χ2n) is 7.14. The zero-order valence-electron chi connectivity index (χ0n) is 16.2. The van der Waals surface area contributed by atoms with Crippen LogP contribution >= 0.6 is 0 Å². The fraction of sp³-hybridized carbons (Fsp3) is 0.273. The van der Waals surface area contributed by atoms with Crippen LogP contribution in [0, 0.1) is 0 Å². The van der Waals surface area contributed by atoms with Crippen LogP contribution in [0.2, 0.25) is 0 Å². The second kappa shape index (κ2) is 8.79. The summed E-state index contributed by atoms with van der Waals surface area (Å²) in [5.74, 6) is 0.726. The molecule has 1 amide bonds. The van der Waals surface area contributed by atoms with Crippen molar-refractivity contribution in [2.24, 2.45) is 0 Å². The van der Waals surface area contributed by atoms with Gasteiger partial charge in [-0.05, 0) is 37.1 Å². The van der Waals surface area contributed by atoms with Crippen LogP contribution in [0.5, 0.6) is 0 Å². The molecule has 4 rings (SSSR count). The molecule has 0 aliphatic carbocycles. The molecule has 0 bridgehead atoms. The lowest BCUT2D eigenvalue weighted by molar-refractivity contribution is -0.118. The summed E-state index contributed by atoms with van der Waals surface area (Å²) >= 11 is 0. The number of carbonyl (C=O) groups is 1. The Morgan fingerprint density at radius 2 is 1.93 bits per heavy atom. The van der Waals surface area contributed by atoms with E-state index >= 15 is 0 Å². The first-order chi connectivity index (χ1) is 14.2. The van der Waals surface area contributed by atoms with Crippen molar-refractivity contribution >= 4 is 17.7 Å². The molecule has 1 aliphatic rings. The molecular weight excluding hydrogens is 364 g/mol. The first kappa shape index (κ1) is 19.0. The van der Waals surface area contributed by atoms with Gasteiger partial charge in [0, 0.05) is 18.0 Å². The Labute approximate surface area is 170 Å². The van der Waals surface area contributed by atoms with E-state index in [4.69, 9.17) is 5.73 Å². The van der Waals surface area contributed by atoms with E-state index in [2.05, 4.69) is 25.2 Å². The number of aromatic nitrogens is 3. The molecule has 1 aliphatic heterocycles. The maximum atomic E-state index is 12.6. The highest BCUT2D eigenvalue weighted by atomic mass is 16.2. The van der Waals surface area contributed by atoms with Gasteiger partial charge in [0.05, 0.1) is 18.3 Å². The molecule has 2 aromatic heterocycles. The number of carbonyl (C=O) groups excluding carboxylic acids is 1. The molecule has 0 saturated carbocycles. The van der Waals surface area contributed by atoms with Crippen molar-refractivity contribution in [3.63, 3.8) is 0 Å². The van der Waals surface area contributed by atoms with E-state index in [9.17, 15) is 4.79 Å². The van der Waals surface area contributed by atoms with Gasteiger partial charge in [-0.2, -0.15) is 0 Å². The van der Waals surface area contributed by atoms with Gasteiger partial charge in [0.2, 0.25) is 11.9 Å². The number of nitrogens with one attached hydrogen (secondary N) is 1. The van der Waals surface area contributed by atoms with Crippen LogP contribution in [0.25, 0.3) is 11.1 Å². The van der Waals surface area contributed by atoms with Crippen molar-refractivity contribution in [1.29, 1.82) is 0 Å². The van der Waals surface area contributed by atoms with Crippen LogP contribution in [0.3, 0.4) is 0 Å². The zero-order valence-corrected chi connectivity index (χ0v) is 16.2. The van der Waals surface area contributed by atoms with Gasteiger partial charge in [0.25, 0.3) is 0 Å². The maximum Gasteiger partial charge on any atom is 0.239 e. The maximum absolute atomic E-state index is 12.6. The molecule has 3 heterocycles. The lowest BCUT2D eigenvalue weighted by atomic mass is 9.94. The number of likely N-dealkylation sites (tertiary alicyclic amines) is 1. The van der Waals surface area contributed by atoms with Crippen LogP contribution in [0.15, 0.2) is 60.9 Å². The van der Waals surface area contributed by atoms with Gasteiger partial charge in [-0.1, -0.05) is 42.8 Å². The van der Waals surface area contributed by atoms with Gasteiger partial charge >= 0.3 is 0 Å². The summed E-state index contributed by atoms with van der Waals surface area (Å²) in [5, 5.41) is 2.87. The Bertz CT molecular complexity index is 964. The smallest absolute Gasteiger partial charge is 0.239 e. The second-order valence-corrected chi connectivity index (χ2v) is 7.14. The van der Waals surface area contributed by atoms with Gasteiger partial charge in [-0.25, -0.2) is 15.0 Å². The van der Waals surface area contributed by atoms with Crippen LogP contribution in [-0.2, 0) is 4.79 Å². The molecule has 7 heteroatoms. The number of benzene rings is 1. The van der Waals surface area contributed by atoms with Crippen LogP contribution in [-0.4, -0.2) is 38.8 Å². The SMILES string of the molecule is Nc1ncc(-c2ccccc2)c([C@H]2CCCCN2CC(=O)Nc2ccccn2)n1. The third-order valence-electron chi connectivity index (χ3n) is 5.13. The zero-order chi connectivity index (χ0) is 20.1. The first-order valence-electron chi connectivity index (χ1n) is 9.83. The molecule has 1 atom stereocenters. The molecule has 1 fully saturated rings. The number of rotatable bonds is 5. The lowest BCUT2D eigenvalue weighted by Gasteiger charge is -2.35. The standard InChI is InChI=1S/C22H24N6O/c23-22-25-14-17(16-8-2-1-3-9-16)21(27-22)18-10-5-7-13-28(18)15-20(29)26-19-11-4-6-12-24-19/h1-4,6,8-9,11-12,14,18H,5,7,10,13,15H2,(H2,23,25,27)(H,24,26,29)/t18-/m1/s1. The minimum atomic E-state index is -0.0844. The largest absolute Gasteiger partial charge is 0.368 e. The molecule has 1 aromatic carbocycles. The predicted molar refractivity (Wildman–Crippen MR) is 113 cm³/mol. The van der Waals surface area contributed by atoms with E-state index in [1.54, 1.807) is 18.5 Å². The van der Waals surface area contributed by atoms with Crippen LogP contribution < -0.4 is 11.1 Å². The van der Waals surface area contributed by atoms with E-state index in [0.29, 0.717) is 5.82 Å². The topological polar surface area (TPSA) is 97.0 Å². The highest BCUT2D eigenvalue weighted by molar-refractivity contribution is 5.91. The highest BCUT2D eigenvalue weighted by Gasteiger charge is 2.29. The molecule has 0 radical (unpaired) electrons. The van der Waals surface area contributed by atoms with Crippen molar-refractivity contribution in [3.8, 4) is 11.1 Å². The van der Waals surface area contributed by atoms with E-state index in [0.717, 1.165) is 42.6 Å². The number of nitrogens with two attached hydrogens (primary N) is 1. The average molecular weight is 388 g/mol. The number of hydrogen-bond donors (Lipinski definition) is 2. The lowest BCUT2D eigenvalue weighted by Crippen LogP contribution is -2.40. The van der Waals surface area contributed by atoms with Crippen molar-refractivity contribution in [2.75, 3.05) is 24.1 Å². The summed E-state index contributed by atoms with van der Waals surface area (Å²) in [5.41, 5.74) is 8.82. The quantitative estimate of drug-likeness (QED) is 0.696. The summed E-state index contributed by atoms with van der Waals surface area (Å²) in [7, 11) is 0. The van der Waals surface area contributed by atoms with Crippen LogP contribution in [0.4, 0.5) is 11.8 Å². The molecule has 3 aromatic rings. The predicted octanol–water partition coefficient (Wildman–Crippen LogP) is 3.29. The number of piperidine rings is 1. The molecule has 0 unspecified atom stereocenters. The van der Waals surface area contributed by atoms with Crippen LogP contribution in [0.1, 0.15) is 31.0 Å². The van der Waals surface area contributed by atoms with Gasteiger partial charge < -0.3 is 11.1 Å². The number of hydrogen-bond acceptors (Lipinski definition) is 6. The van der Waals surface area contributed by atoms with Crippen molar-refractivity contribution < 1.29 is 4.79 Å². The molecule has 3 N–H and O–H groups in total. The Kier molecular flexibility index (Phi) is 5.76. The number of pyridine rings is 1. The number of anilines is 2. The Hall–Kier alpha value is -3.32. The number of nitrogens with zero attached hydrogens (tertiary/aromatic N) is 4. The summed E-state index contributed by atoms with van der Waals surface area (Å²) in [6.45, 7) is 1.11.